The Balaban J connectivity index is 1.49. The lowest BCUT2D eigenvalue weighted by Crippen LogP contribution is -2.33. The van der Waals surface area contributed by atoms with Gasteiger partial charge in [0.2, 0.25) is 5.91 Å². The van der Waals surface area contributed by atoms with Crippen molar-refractivity contribution in [1.29, 1.82) is 0 Å². The number of furan rings is 1. The fraction of sp³-hybridized carbons (Fsp3) is 0.450. The second-order valence-corrected chi connectivity index (χ2v) is 6.92. The maximum absolute atomic E-state index is 11.9. The van der Waals surface area contributed by atoms with E-state index in [0.29, 0.717) is 19.4 Å². The first-order chi connectivity index (χ1) is 12.1. The Morgan fingerprint density at radius 2 is 2.12 bits per heavy atom. The number of carbonyl (C=O) groups excluding carboxylic acids is 1. The zero-order valence-corrected chi connectivity index (χ0v) is 14.8. The summed E-state index contributed by atoms with van der Waals surface area (Å²) in [5.41, 5.74) is 9.29. The van der Waals surface area contributed by atoms with Crippen molar-refractivity contribution in [2.45, 2.75) is 39.2 Å². The Bertz CT molecular complexity index is 689. The average Bonchev–Trinajstić information content (AvgIpc) is 3.13. The summed E-state index contributed by atoms with van der Waals surface area (Å²) in [4.78, 5) is 14.3. The number of carbonyl (C=O) groups is 1. The molecule has 1 aromatic carbocycles. The molecule has 2 heterocycles. The van der Waals surface area contributed by atoms with Crippen LogP contribution < -0.4 is 16.0 Å². The Labute approximate surface area is 149 Å². The van der Waals surface area contributed by atoms with Crippen LogP contribution in [0.1, 0.15) is 37.5 Å². The molecule has 1 amide bonds. The van der Waals surface area contributed by atoms with Gasteiger partial charge in [0.25, 0.3) is 0 Å². The molecule has 0 radical (unpaired) electrons. The van der Waals surface area contributed by atoms with E-state index in [-0.39, 0.29) is 5.91 Å². The third kappa shape index (κ3) is 4.78. The van der Waals surface area contributed by atoms with Gasteiger partial charge >= 0.3 is 0 Å². The molecule has 0 unspecified atom stereocenters. The molecule has 3 N–H and O–H groups in total. The van der Waals surface area contributed by atoms with Crippen LogP contribution in [0.5, 0.6) is 0 Å². The summed E-state index contributed by atoms with van der Waals surface area (Å²) in [7, 11) is 0. The SMILES string of the molecule is CC1CCN(c2ccc(CCC(=O)NCc3ccco3)cc2N)CC1. The Morgan fingerprint density at radius 1 is 1.32 bits per heavy atom. The van der Waals surface area contributed by atoms with Crippen LogP contribution in [-0.4, -0.2) is 19.0 Å². The van der Waals surface area contributed by atoms with Crippen LogP contribution in [0.4, 0.5) is 11.4 Å². The minimum Gasteiger partial charge on any atom is -0.467 e. The highest BCUT2D eigenvalue weighted by Crippen LogP contribution is 2.29. The van der Waals surface area contributed by atoms with Gasteiger partial charge < -0.3 is 20.4 Å². The normalized spacial score (nSPS) is 15.3. The summed E-state index contributed by atoms with van der Waals surface area (Å²) in [6.45, 7) is 4.88. The maximum atomic E-state index is 11.9. The first-order valence-electron chi connectivity index (χ1n) is 9.04. The highest BCUT2D eigenvalue weighted by atomic mass is 16.3. The number of piperidine rings is 1. The molecule has 0 aliphatic carbocycles. The molecule has 5 heteroatoms. The van der Waals surface area contributed by atoms with E-state index in [0.717, 1.165) is 41.7 Å². The van der Waals surface area contributed by atoms with Crippen molar-refractivity contribution in [3.8, 4) is 0 Å². The summed E-state index contributed by atoms with van der Waals surface area (Å²) >= 11 is 0. The van der Waals surface area contributed by atoms with Gasteiger partial charge in [0.15, 0.2) is 0 Å². The van der Waals surface area contributed by atoms with E-state index in [9.17, 15) is 4.79 Å². The largest absolute Gasteiger partial charge is 0.467 e. The molecule has 1 fully saturated rings. The Morgan fingerprint density at radius 3 is 2.80 bits per heavy atom. The lowest BCUT2D eigenvalue weighted by molar-refractivity contribution is -0.121. The van der Waals surface area contributed by atoms with Crippen LogP contribution in [0, 0.1) is 5.92 Å². The van der Waals surface area contributed by atoms with Gasteiger partial charge in [-0.05, 0) is 55.0 Å². The predicted octanol–water partition coefficient (Wildman–Crippen LogP) is 3.35. The Hall–Kier alpha value is -2.43. The average molecular weight is 341 g/mol. The van der Waals surface area contributed by atoms with Gasteiger partial charge in [-0.2, -0.15) is 0 Å². The molecule has 0 atom stereocenters. The summed E-state index contributed by atoms with van der Waals surface area (Å²) in [5.74, 6) is 1.58. The van der Waals surface area contributed by atoms with Crippen molar-refractivity contribution in [2.75, 3.05) is 23.7 Å². The highest BCUT2D eigenvalue weighted by molar-refractivity contribution is 5.76. The van der Waals surface area contributed by atoms with Crippen molar-refractivity contribution >= 4 is 17.3 Å². The van der Waals surface area contributed by atoms with Gasteiger partial charge in [-0.1, -0.05) is 13.0 Å². The second kappa shape index (κ2) is 8.10. The molecule has 134 valence electrons. The Kier molecular flexibility index (Phi) is 5.64. The standard InChI is InChI=1S/C20H27N3O2/c1-15-8-10-23(11-9-15)19-6-4-16(13-18(19)21)5-7-20(24)22-14-17-3-2-12-25-17/h2-4,6,12-13,15H,5,7-11,14,21H2,1H3,(H,22,24). The second-order valence-electron chi connectivity index (χ2n) is 6.92. The number of hydrogen-bond acceptors (Lipinski definition) is 4. The number of nitrogens with zero attached hydrogens (tertiary/aromatic N) is 1. The van der Waals surface area contributed by atoms with Gasteiger partial charge in [0.1, 0.15) is 5.76 Å². The number of benzene rings is 1. The van der Waals surface area contributed by atoms with Crippen molar-refractivity contribution in [3.05, 3.63) is 47.9 Å². The number of anilines is 2. The molecule has 1 aliphatic heterocycles. The van der Waals surface area contributed by atoms with Crippen molar-refractivity contribution < 1.29 is 9.21 Å². The van der Waals surface area contributed by atoms with Crippen LogP contribution in [0.3, 0.4) is 0 Å². The van der Waals surface area contributed by atoms with Crippen LogP contribution in [0.2, 0.25) is 0 Å². The zero-order valence-electron chi connectivity index (χ0n) is 14.8. The zero-order chi connectivity index (χ0) is 17.6. The van der Waals surface area contributed by atoms with Crippen molar-refractivity contribution in [3.63, 3.8) is 0 Å². The molecular formula is C20H27N3O2. The molecular weight excluding hydrogens is 314 g/mol. The van der Waals surface area contributed by atoms with E-state index < -0.39 is 0 Å². The van der Waals surface area contributed by atoms with Crippen LogP contribution in [0.15, 0.2) is 41.0 Å². The van der Waals surface area contributed by atoms with E-state index in [1.165, 1.54) is 12.8 Å². The van der Waals surface area contributed by atoms with Crippen LogP contribution >= 0.6 is 0 Å². The molecule has 25 heavy (non-hydrogen) atoms. The summed E-state index contributed by atoms with van der Waals surface area (Å²) in [5, 5.41) is 2.86. The number of nitrogens with one attached hydrogen (secondary N) is 1. The molecule has 5 nitrogen and oxygen atoms in total. The molecule has 0 bridgehead atoms. The smallest absolute Gasteiger partial charge is 0.220 e. The minimum atomic E-state index is 0.0177. The number of rotatable bonds is 6. The van der Waals surface area contributed by atoms with E-state index >= 15 is 0 Å². The van der Waals surface area contributed by atoms with E-state index in [4.69, 9.17) is 10.2 Å². The van der Waals surface area contributed by atoms with Crippen LogP contribution in [-0.2, 0) is 17.8 Å². The van der Waals surface area contributed by atoms with E-state index in [1.54, 1.807) is 6.26 Å². The molecule has 3 rings (SSSR count). The number of amides is 1. The lowest BCUT2D eigenvalue weighted by atomic mass is 9.98. The summed E-state index contributed by atoms with van der Waals surface area (Å²) < 4.78 is 5.20. The van der Waals surface area contributed by atoms with Gasteiger partial charge in [0, 0.05) is 19.5 Å². The van der Waals surface area contributed by atoms with E-state index in [2.05, 4.69) is 29.3 Å². The molecule has 1 aromatic heterocycles. The van der Waals surface area contributed by atoms with Crippen molar-refractivity contribution in [2.24, 2.45) is 5.92 Å². The first-order valence-corrected chi connectivity index (χ1v) is 9.04. The predicted molar refractivity (Wildman–Crippen MR) is 100 cm³/mol. The third-order valence-electron chi connectivity index (χ3n) is 4.90. The summed E-state index contributed by atoms with van der Waals surface area (Å²) in [6.07, 6.45) is 5.18. The molecule has 1 aliphatic rings. The molecule has 0 saturated carbocycles. The van der Waals surface area contributed by atoms with E-state index in [1.807, 2.05) is 18.2 Å². The monoisotopic (exact) mass is 341 g/mol. The van der Waals surface area contributed by atoms with Crippen molar-refractivity contribution in [1.82, 2.24) is 5.32 Å². The van der Waals surface area contributed by atoms with Gasteiger partial charge in [-0.15, -0.1) is 0 Å². The van der Waals surface area contributed by atoms with Gasteiger partial charge in [-0.3, -0.25) is 4.79 Å². The topological polar surface area (TPSA) is 71.5 Å². The lowest BCUT2D eigenvalue weighted by Gasteiger charge is -2.33. The fourth-order valence-corrected chi connectivity index (χ4v) is 3.24. The highest BCUT2D eigenvalue weighted by Gasteiger charge is 2.17. The maximum Gasteiger partial charge on any atom is 0.220 e. The number of aryl methyl sites for hydroxylation is 1. The molecule has 1 saturated heterocycles. The quantitative estimate of drug-likeness (QED) is 0.791. The first kappa shape index (κ1) is 17.4. The molecule has 0 spiro atoms. The summed E-state index contributed by atoms with van der Waals surface area (Å²) in [6, 6.07) is 9.86. The van der Waals surface area contributed by atoms with Gasteiger partial charge in [-0.25, -0.2) is 0 Å². The third-order valence-corrected chi connectivity index (χ3v) is 4.90. The number of hydrogen-bond donors (Lipinski definition) is 2. The van der Waals surface area contributed by atoms with Gasteiger partial charge in [0.05, 0.1) is 24.2 Å². The number of nitrogens with two attached hydrogens (primary N) is 1. The minimum absolute atomic E-state index is 0.0177. The van der Waals surface area contributed by atoms with Crippen LogP contribution in [0.25, 0.3) is 0 Å². The number of nitrogen functional groups attached to an aromatic ring is 1. The fourth-order valence-electron chi connectivity index (χ4n) is 3.24. The molecule has 2 aromatic rings.